The van der Waals surface area contributed by atoms with Crippen LogP contribution in [0.5, 0.6) is 0 Å². The summed E-state index contributed by atoms with van der Waals surface area (Å²) in [6.07, 6.45) is 0. The number of carbonyl (C=O) groups excluding carboxylic acids is 1. The highest BCUT2D eigenvalue weighted by atomic mass is 16.6. The van der Waals surface area contributed by atoms with Crippen molar-refractivity contribution >= 4 is 11.7 Å². The van der Waals surface area contributed by atoms with Crippen molar-refractivity contribution in [3.63, 3.8) is 0 Å². The Morgan fingerprint density at radius 1 is 1.47 bits per heavy atom. The standard InChI is InChI=1S/C9H11N3O3/c1-10-9(13)11-6-7-4-2-3-5-8(7)12(14)15/h2-5H,6H2,1H3,(H2,10,11,13). The first kappa shape index (κ1) is 11.0. The Morgan fingerprint density at radius 3 is 2.73 bits per heavy atom. The molecule has 1 aromatic carbocycles. The molecule has 0 fully saturated rings. The average molecular weight is 209 g/mol. The second-order valence-electron chi connectivity index (χ2n) is 2.82. The number of nitrogens with one attached hydrogen (secondary N) is 2. The molecule has 0 bridgehead atoms. The van der Waals surface area contributed by atoms with Gasteiger partial charge in [0.25, 0.3) is 5.69 Å². The van der Waals surface area contributed by atoms with Crippen LogP contribution in [0, 0.1) is 10.1 Å². The maximum Gasteiger partial charge on any atom is 0.314 e. The van der Waals surface area contributed by atoms with E-state index < -0.39 is 4.92 Å². The van der Waals surface area contributed by atoms with Gasteiger partial charge >= 0.3 is 6.03 Å². The maximum absolute atomic E-state index is 10.9. The van der Waals surface area contributed by atoms with Crippen LogP contribution in [0.15, 0.2) is 24.3 Å². The van der Waals surface area contributed by atoms with Gasteiger partial charge in [-0.05, 0) is 0 Å². The molecule has 2 amide bonds. The van der Waals surface area contributed by atoms with Crippen LogP contribution < -0.4 is 10.6 Å². The molecule has 0 spiro atoms. The second kappa shape index (κ2) is 4.94. The lowest BCUT2D eigenvalue weighted by molar-refractivity contribution is -0.385. The zero-order valence-corrected chi connectivity index (χ0v) is 8.19. The highest BCUT2D eigenvalue weighted by Gasteiger charge is 2.12. The molecule has 6 heteroatoms. The van der Waals surface area contributed by atoms with Crippen molar-refractivity contribution in [3.05, 3.63) is 39.9 Å². The van der Waals surface area contributed by atoms with E-state index >= 15 is 0 Å². The Kier molecular flexibility index (Phi) is 3.61. The Labute approximate surface area is 86.4 Å². The molecule has 0 aliphatic rings. The molecular formula is C9H11N3O3. The number of para-hydroxylation sites is 1. The van der Waals surface area contributed by atoms with Crippen molar-refractivity contribution in [2.45, 2.75) is 6.54 Å². The Balaban J connectivity index is 2.76. The van der Waals surface area contributed by atoms with Gasteiger partial charge in [0, 0.05) is 18.7 Å². The summed E-state index contributed by atoms with van der Waals surface area (Å²) < 4.78 is 0. The summed E-state index contributed by atoms with van der Waals surface area (Å²) in [4.78, 5) is 21.0. The molecule has 2 N–H and O–H groups in total. The molecule has 15 heavy (non-hydrogen) atoms. The number of urea groups is 1. The highest BCUT2D eigenvalue weighted by molar-refractivity contribution is 5.73. The van der Waals surface area contributed by atoms with E-state index in [1.807, 2.05) is 0 Å². The monoisotopic (exact) mass is 209 g/mol. The molecule has 80 valence electrons. The molecule has 0 heterocycles. The first-order chi connectivity index (χ1) is 7.15. The molecule has 0 saturated heterocycles. The fraction of sp³-hybridized carbons (Fsp3) is 0.222. The number of benzene rings is 1. The summed E-state index contributed by atoms with van der Waals surface area (Å²) in [5.41, 5.74) is 0.486. The second-order valence-corrected chi connectivity index (χ2v) is 2.82. The predicted octanol–water partition coefficient (Wildman–Crippen LogP) is 1.02. The van der Waals surface area contributed by atoms with Gasteiger partial charge in [-0.15, -0.1) is 0 Å². The topological polar surface area (TPSA) is 84.3 Å². The van der Waals surface area contributed by atoms with Gasteiger partial charge in [-0.2, -0.15) is 0 Å². The van der Waals surface area contributed by atoms with E-state index in [1.165, 1.54) is 13.1 Å². The van der Waals surface area contributed by atoms with Gasteiger partial charge in [0.05, 0.1) is 11.5 Å². The number of rotatable bonds is 3. The number of nitro groups is 1. The number of nitrogens with zero attached hydrogens (tertiary/aromatic N) is 1. The number of amides is 2. The summed E-state index contributed by atoms with van der Waals surface area (Å²) in [6.45, 7) is 0.136. The Morgan fingerprint density at radius 2 is 2.13 bits per heavy atom. The van der Waals surface area contributed by atoms with E-state index in [-0.39, 0.29) is 18.3 Å². The predicted molar refractivity (Wildman–Crippen MR) is 54.4 cm³/mol. The van der Waals surface area contributed by atoms with E-state index in [0.29, 0.717) is 5.56 Å². The molecule has 0 unspecified atom stereocenters. The largest absolute Gasteiger partial charge is 0.341 e. The lowest BCUT2D eigenvalue weighted by Crippen LogP contribution is -2.32. The third-order valence-electron chi connectivity index (χ3n) is 1.85. The van der Waals surface area contributed by atoms with Crippen LogP contribution >= 0.6 is 0 Å². The molecular weight excluding hydrogens is 198 g/mol. The molecule has 1 aromatic rings. The van der Waals surface area contributed by atoms with Gasteiger partial charge in [-0.25, -0.2) is 4.79 Å². The maximum atomic E-state index is 10.9. The van der Waals surface area contributed by atoms with Gasteiger partial charge in [-0.3, -0.25) is 10.1 Å². The van der Waals surface area contributed by atoms with Crippen molar-refractivity contribution in [3.8, 4) is 0 Å². The lowest BCUT2D eigenvalue weighted by atomic mass is 10.2. The van der Waals surface area contributed by atoms with E-state index in [2.05, 4.69) is 10.6 Å². The first-order valence-corrected chi connectivity index (χ1v) is 4.33. The molecule has 0 aromatic heterocycles. The molecule has 0 radical (unpaired) electrons. The third kappa shape index (κ3) is 2.94. The number of nitro benzene ring substituents is 1. The molecule has 0 aliphatic carbocycles. The SMILES string of the molecule is CNC(=O)NCc1ccccc1[N+](=O)[O-]. The smallest absolute Gasteiger partial charge is 0.314 e. The van der Waals surface area contributed by atoms with Crippen LogP contribution in [0.3, 0.4) is 0 Å². The quantitative estimate of drug-likeness (QED) is 0.575. The fourth-order valence-corrected chi connectivity index (χ4v) is 1.10. The van der Waals surface area contributed by atoms with E-state index in [9.17, 15) is 14.9 Å². The van der Waals surface area contributed by atoms with Crippen molar-refractivity contribution in [2.75, 3.05) is 7.05 Å². The summed E-state index contributed by atoms with van der Waals surface area (Å²) in [5, 5.41) is 15.5. The average Bonchev–Trinajstić information content (AvgIpc) is 2.26. The van der Waals surface area contributed by atoms with Crippen LogP contribution in [-0.2, 0) is 6.54 Å². The van der Waals surface area contributed by atoms with Crippen LogP contribution in [0.2, 0.25) is 0 Å². The Bertz CT molecular complexity index is 379. The van der Waals surface area contributed by atoms with Crippen LogP contribution in [0.1, 0.15) is 5.56 Å². The van der Waals surface area contributed by atoms with Crippen LogP contribution in [-0.4, -0.2) is 18.0 Å². The highest BCUT2D eigenvalue weighted by Crippen LogP contribution is 2.16. The fourth-order valence-electron chi connectivity index (χ4n) is 1.10. The zero-order chi connectivity index (χ0) is 11.3. The van der Waals surface area contributed by atoms with Crippen molar-refractivity contribution in [1.29, 1.82) is 0 Å². The van der Waals surface area contributed by atoms with Crippen LogP contribution in [0.4, 0.5) is 10.5 Å². The minimum absolute atomic E-state index is 0.00824. The molecule has 1 rings (SSSR count). The van der Waals surface area contributed by atoms with Gasteiger partial charge in [0.2, 0.25) is 0 Å². The zero-order valence-electron chi connectivity index (χ0n) is 8.19. The van der Waals surface area contributed by atoms with Gasteiger partial charge in [-0.1, -0.05) is 18.2 Å². The molecule has 0 saturated carbocycles. The van der Waals surface area contributed by atoms with Crippen molar-refractivity contribution in [1.82, 2.24) is 10.6 Å². The summed E-state index contributed by atoms with van der Waals surface area (Å²) in [5.74, 6) is 0. The van der Waals surface area contributed by atoms with E-state index in [4.69, 9.17) is 0 Å². The minimum Gasteiger partial charge on any atom is -0.341 e. The summed E-state index contributed by atoms with van der Waals surface area (Å²) in [7, 11) is 1.48. The number of hydrogen-bond donors (Lipinski definition) is 2. The number of carbonyl (C=O) groups is 1. The summed E-state index contributed by atoms with van der Waals surface area (Å²) in [6, 6.07) is 5.91. The molecule has 0 atom stereocenters. The molecule has 6 nitrogen and oxygen atoms in total. The van der Waals surface area contributed by atoms with E-state index in [1.54, 1.807) is 18.2 Å². The van der Waals surface area contributed by atoms with Gasteiger partial charge in [0.15, 0.2) is 0 Å². The molecule has 0 aliphatic heterocycles. The summed E-state index contributed by atoms with van der Waals surface area (Å²) >= 11 is 0. The van der Waals surface area contributed by atoms with Gasteiger partial charge < -0.3 is 10.6 Å². The van der Waals surface area contributed by atoms with Crippen molar-refractivity contribution < 1.29 is 9.72 Å². The third-order valence-corrected chi connectivity index (χ3v) is 1.85. The minimum atomic E-state index is -0.471. The number of hydrogen-bond acceptors (Lipinski definition) is 3. The first-order valence-electron chi connectivity index (χ1n) is 4.33. The normalized spacial score (nSPS) is 9.40. The lowest BCUT2D eigenvalue weighted by Gasteiger charge is -2.04. The Hall–Kier alpha value is -2.11. The van der Waals surface area contributed by atoms with Crippen LogP contribution in [0.25, 0.3) is 0 Å². The van der Waals surface area contributed by atoms with Crippen molar-refractivity contribution in [2.24, 2.45) is 0 Å². The van der Waals surface area contributed by atoms with E-state index in [0.717, 1.165) is 0 Å². The van der Waals surface area contributed by atoms with Gasteiger partial charge in [0.1, 0.15) is 0 Å².